The van der Waals surface area contributed by atoms with Crippen molar-refractivity contribution in [3.63, 3.8) is 0 Å². The fourth-order valence-electron chi connectivity index (χ4n) is 4.06. The molecule has 28 heavy (non-hydrogen) atoms. The molecule has 0 bridgehead atoms. The van der Waals surface area contributed by atoms with E-state index in [1.807, 2.05) is 19.9 Å². The maximum absolute atomic E-state index is 14.2. The third kappa shape index (κ3) is 3.30. The largest absolute Gasteiger partial charge is 0.497 e. The smallest absolute Gasteiger partial charge is 0.276 e. The van der Waals surface area contributed by atoms with Crippen LogP contribution in [0.15, 0.2) is 29.1 Å². The SMILES string of the molecule is CCc1c(C)nc2cc([C@@H]3CCN(Cc4ccc(OC)cc4F)C3)[nH]n2c1=O. The van der Waals surface area contributed by atoms with Gasteiger partial charge in [-0.2, -0.15) is 0 Å². The van der Waals surface area contributed by atoms with Crippen LogP contribution in [0.25, 0.3) is 5.65 Å². The standard InChI is InChI=1S/C21H25FN4O2/c1-4-17-13(2)23-20-10-19(24-26(20)21(17)27)15-7-8-25(12-15)11-14-5-6-16(28-3)9-18(14)22/h5-6,9-10,15,24H,4,7-8,11-12H2,1-3H3/t15-/m1/s1. The predicted molar refractivity (Wildman–Crippen MR) is 106 cm³/mol. The molecule has 2 aromatic heterocycles. The van der Waals surface area contributed by atoms with Crippen molar-refractivity contribution in [2.75, 3.05) is 20.2 Å². The molecule has 3 aromatic rings. The zero-order chi connectivity index (χ0) is 19.8. The summed E-state index contributed by atoms with van der Waals surface area (Å²) in [6.45, 7) is 6.10. The van der Waals surface area contributed by atoms with Gasteiger partial charge in [0.2, 0.25) is 0 Å². The third-order valence-corrected chi connectivity index (χ3v) is 5.65. The van der Waals surface area contributed by atoms with Crippen LogP contribution in [-0.2, 0) is 13.0 Å². The van der Waals surface area contributed by atoms with E-state index in [9.17, 15) is 9.18 Å². The van der Waals surface area contributed by atoms with E-state index in [-0.39, 0.29) is 17.3 Å². The molecule has 1 saturated heterocycles. The number of hydrogen-bond donors (Lipinski definition) is 1. The number of benzene rings is 1. The number of hydrogen-bond acceptors (Lipinski definition) is 4. The summed E-state index contributed by atoms with van der Waals surface area (Å²) in [5, 5.41) is 3.24. The molecule has 0 spiro atoms. The molecule has 1 aliphatic rings. The lowest BCUT2D eigenvalue weighted by Crippen LogP contribution is -2.22. The van der Waals surface area contributed by atoms with Crippen molar-refractivity contribution < 1.29 is 9.13 Å². The maximum Gasteiger partial charge on any atom is 0.276 e. The molecule has 0 radical (unpaired) electrons. The highest BCUT2D eigenvalue weighted by Crippen LogP contribution is 2.28. The number of aryl methyl sites for hydroxylation is 1. The molecule has 0 amide bonds. The Morgan fingerprint density at radius 1 is 1.36 bits per heavy atom. The first-order valence-corrected chi connectivity index (χ1v) is 9.66. The summed E-state index contributed by atoms with van der Waals surface area (Å²) in [7, 11) is 1.53. The molecule has 1 atom stereocenters. The average Bonchev–Trinajstić information content (AvgIpc) is 3.30. The van der Waals surface area contributed by atoms with Crippen molar-refractivity contribution >= 4 is 5.65 Å². The Morgan fingerprint density at radius 3 is 2.89 bits per heavy atom. The van der Waals surface area contributed by atoms with Crippen molar-refractivity contribution in [1.29, 1.82) is 0 Å². The molecule has 6 nitrogen and oxygen atoms in total. The normalized spacial score (nSPS) is 17.5. The molecular formula is C21H25FN4O2. The molecule has 1 fully saturated rings. The lowest BCUT2D eigenvalue weighted by Gasteiger charge is -2.16. The number of methoxy groups -OCH3 is 1. The monoisotopic (exact) mass is 384 g/mol. The maximum atomic E-state index is 14.2. The van der Waals surface area contributed by atoms with E-state index in [1.165, 1.54) is 13.2 Å². The second kappa shape index (κ2) is 7.39. The molecular weight excluding hydrogens is 359 g/mol. The summed E-state index contributed by atoms with van der Waals surface area (Å²) in [4.78, 5) is 19.4. The Kier molecular flexibility index (Phi) is 4.93. The molecule has 1 aliphatic heterocycles. The van der Waals surface area contributed by atoms with Crippen molar-refractivity contribution in [3.05, 3.63) is 63.0 Å². The molecule has 1 N–H and O–H groups in total. The van der Waals surface area contributed by atoms with Crippen LogP contribution in [0.4, 0.5) is 4.39 Å². The number of fused-ring (bicyclic) bond motifs is 1. The Balaban J connectivity index is 1.53. The van der Waals surface area contributed by atoms with Crippen LogP contribution in [0.5, 0.6) is 5.75 Å². The average molecular weight is 384 g/mol. The molecule has 0 unspecified atom stereocenters. The topological polar surface area (TPSA) is 62.6 Å². The van der Waals surface area contributed by atoms with Gasteiger partial charge in [0, 0.05) is 53.7 Å². The number of nitrogens with one attached hydrogen (secondary N) is 1. The van der Waals surface area contributed by atoms with Gasteiger partial charge >= 0.3 is 0 Å². The number of rotatable bonds is 5. The van der Waals surface area contributed by atoms with E-state index in [4.69, 9.17) is 4.74 Å². The van der Waals surface area contributed by atoms with Crippen molar-refractivity contribution in [2.24, 2.45) is 0 Å². The van der Waals surface area contributed by atoms with Crippen molar-refractivity contribution in [1.82, 2.24) is 19.5 Å². The predicted octanol–water partition coefficient (Wildman–Crippen LogP) is 3.03. The number of nitrogens with zero attached hydrogens (tertiary/aromatic N) is 3. The van der Waals surface area contributed by atoms with E-state index < -0.39 is 0 Å². The number of aromatic nitrogens is 3. The minimum atomic E-state index is -0.244. The number of halogens is 1. The van der Waals surface area contributed by atoms with E-state index in [0.717, 1.165) is 36.5 Å². The molecule has 1 aromatic carbocycles. The second-order valence-corrected chi connectivity index (χ2v) is 7.42. The van der Waals surface area contributed by atoms with E-state index in [0.29, 0.717) is 29.9 Å². The molecule has 3 heterocycles. The van der Waals surface area contributed by atoms with Crippen molar-refractivity contribution in [3.8, 4) is 5.75 Å². The summed E-state index contributed by atoms with van der Waals surface area (Å²) in [6.07, 6.45) is 1.62. The minimum absolute atomic E-state index is 0.0218. The van der Waals surface area contributed by atoms with Crippen LogP contribution in [-0.4, -0.2) is 39.7 Å². The molecule has 0 aliphatic carbocycles. The molecule has 148 valence electrons. The van der Waals surface area contributed by atoms with E-state index >= 15 is 0 Å². The highest BCUT2D eigenvalue weighted by atomic mass is 19.1. The van der Waals surface area contributed by atoms with Crippen LogP contribution < -0.4 is 10.3 Å². The van der Waals surface area contributed by atoms with Crippen LogP contribution in [0.3, 0.4) is 0 Å². The Hall–Kier alpha value is -2.67. The molecule has 4 rings (SSSR count). The second-order valence-electron chi connectivity index (χ2n) is 7.42. The van der Waals surface area contributed by atoms with Crippen LogP contribution >= 0.6 is 0 Å². The van der Waals surface area contributed by atoms with Crippen LogP contribution in [0.1, 0.15) is 41.8 Å². The summed E-state index contributed by atoms with van der Waals surface area (Å²) in [6, 6.07) is 6.96. The lowest BCUT2D eigenvalue weighted by molar-refractivity contribution is 0.320. The lowest BCUT2D eigenvalue weighted by atomic mass is 10.1. The van der Waals surface area contributed by atoms with Crippen LogP contribution in [0, 0.1) is 12.7 Å². The number of H-pyrrole nitrogens is 1. The summed E-state index contributed by atoms with van der Waals surface area (Å²) in [5.41, 5.74) is 3.85. The van der Waals surface area contributed by atoms with Gasteiger partial charge in [0.15, 0.2) is 5.65 Å². The summed E-state index contributed by atoms with van der Waals surface area (Å²) in [5.74, 6) is 0.554. The number of ether oxygens (including phenoxy) is 1. The highest BCUT2D eigenvalue weighted by Gasteiger charge is 2.26. The Labute approximate surface area is 162 Å². The first-order chi connectivity index (χ1) is 13.5. The third-order valence-electron chi connectivity index (χ3n) is 5.65. The first-order valence-electron chi connectivity index (χ1n) is 9.66. The number of aromatic amines is 1. The van der Waals surface area contributed by atoms with Gasteiger partial charge in [0.25, 0.3) is 5.56 Å². The van der Waals surface area contributed by atoms with Gasteiger partial charge in [-0.1, -0.05) is 13.0 Å². The number of likely N-dealkylation sites (tertiary alicyclic amines) is 1. The Morgan fingerprint density at radius 2 is 2.18 bits per heavy atom. The molecule has 7 heteroatoms. The minimum Gasteiger partial charge on any atom is -0.497 e. The van der Waals surface area contributed by atoms with Crippen LogP contribution in [0.2, 0.25) is 0 Å². The summed E-state index contributed by atoms with van der Waals surface area (Å²) >= 11 is 0. The molecule has 0 saturated carbocycles. The fraction of sp³-hybridized carbons (Fsp3) is 0.429. The highest BCUT2D eigenvalue weighted by molar-refractivity contribution is 5.42. The quantitative estimate of drug-likeness (QED) is 0.735. The zero-order valence-electron chi connectivity index (χ0n) is 16.5. The van der Waals surface area contributed by atoms with E-state index in [1.54, 1.807) is 16.6 Å². The van der Waals surface area contributed by atoms with Gasteiger partial charge in [0.1, 0.15) is 11.6 Å². The van der Waals surface area contributed by atoms with Crippen molar-refractivity contribution in [2.45, 2.75) is 39.2 Å². The van der Waals surface area contributed by atoms with Gasteiger partial charge < -0.3 is 4.74 Å². The van der Waals surface area contributed by atoms with Gasteiger partial charge in [-0.05, 0) is 32.4 Å². The van der Waals surface area contributed by atoms with E-state index in [2.05, 4.69) is 15.0 Å². The fourth-order valence-corrected chi connectivity index (χ4v) is 4.06. The van der Waals surface area contributed by atoms with Gasteiger partial charge in [-0.15, -0.1) is 0 Å². The van der Waals surface area contributed by atoms with Gasteiger partial charge in [-0.25, -0.2) is 13.9 Å². The van der Waals surface area contributed by atoms with Gasteiger partial charge in [-0.3, -0.25) is 14.8 Å². The first kappa shape index (κ1) is 18.7. The zero-order valence-corrected chi connectivity index (χ0v) is 16.5. The summed E-state index contributed by atoms with van der Waals surface area (Å²) < 4.78 is 20.9. The Bertz CT molecular complexity index is 1070. The van der Waals surface area contributed by atoms with Gasteiger partial charge in [0.05, 0.1) is 7.11 Å².